The zero-order valence-corrected chi connectivity index (χ0v) is 14.0. The first-order valence-electron chi connectivity index (χ1n) is 8.52. The van der Waals surface area contributed by atoms with Crippen LogP contribution in [0.25, 0.3) is 0 Å². The molecule has 4 fully saturated rings. The van der Waals surface area contributed by atoms with Crippen molar-refractivity contribution in [2.24, 2.45) is 23.2 Å². The van der Waals surface area contributed by atoms with E-state index in [1.165, 1.54) is 44.1 Å². The van der Waals surface area contributed by atoms with Gasteiger partial charge in [-0.05, 0) is 68.6 Å². The molecule has 0 aromatic heterocycles. The fourth-order valence-corrected chi connectivity index (χ4v) is 4.93. The number of carbonyl (C=O) groups is 1. The number of hydrogen-bond acceptors (Lipinski definition) is 1. The molecule has 21 heavy (non-hydrogen) atoms. The summed E-state index contributed by atoms with van der Waals surface area (Å²) in [6.45, 7) is 8.57. The van der Waals surface area contributed by atoms with Crippen molar-refractivity contribution in [1.29, 1.82) is 0 Å². The summed E-state index contributed by atoms with van der Waals surface area (Å²) in [6.07, 6.45) is 9.70. The van der Waals surface area contributed by atoms with Crippen molar-refractivity contribution in [1.82, 2.24) is 10.6 Å². The molecule has 4 aliphatic rings. The molecule has 3 nitrogen and oxygen atoms in total. The third-order valence-corrected chi connectivity index (χ3v) is 6.02. The first-order valence-corrected chi connectivity index (χ1v) is 8.52. The lowest BCUT2D eigenvalue weighted by molar-refractivity contribution is -0.0133. The molecule has 118 valence electrons. The smallest absolute Gasteiger partial charge is 0.319 e. The molecule has 0 atom stereocenters. The molecule has 0 radical (unpaired) electrons. The van der Waals surface area contributed by atoms with Crippen LogP contribution in [-0.4, -0.2) is 11.6 Å². The molecule has 0 spiro atoms. The fourth-order valence-electron chi connectivity index (χ4n) is 4.93. The minimum absolute atomic E-state index is 0.0134. The van der Waals surface area contributed by atoms with Gasteiger partial charge in [0.05, 0.1) is 0 Å². The Balaban J connectivity index is 1.60. The minimum Gasteiger partial charge on any atom is -0.332 e. The highest BCUT2D eigenvalue weighted by Crippen LogP contribution is 2.55. The quantitative estimate of drug-likeness (QED) is 0.786. The van der Waals surface area contributed by atoms with Crippen molar-refractivity contribution in [2.45, 2.75) is 71.8 Å². The lowest BCUT2D eigenvalue weighted by Crippen LogP contribution is -2.61. The molecule has 4 bridgehead atoms. The van der Waals surface area contributed by atoms with Gasteiger partial charge in [-0.2, -0.15) is 0 Å². The highest BCUT2D eigenvalue weighted by Gasteiger charge is 2.51. The molecule has 4 aliphatic carbocycles. The number of amides is 2. The number of nitrogens with one attached hydrogen (secondary N) is 2. The topological polar surface area (TPSA) is 41.1 Å². The average Bonchev–Trinajstić information content (AvgIpc) is 2.32. The predicted octanol–water partition coefficient (Wildman–Crippen LogP) is 4.20. The summed E-state index contributed by atoms with van der Waals surface area (Å²) in [5.41, 5.74) is 1.40. The molecule has 4 rings (SSSR count). The second-order valence-electron chi connectivity index (χ2n) is 8.87. The van der Waals surface area contributed by atoms with Gasteiger partial charge >= 0.3 is 6.03 Å². The first kappa shape index (κ1) is 14.9. The summed E-state index contributed by atoms with van der Waals surface area (Å²) in [5.74, 6) is 2.59. The second-order valence-corrected chi connectivity index (χ2v) is 8.87. The van der Waals surface area contributed by atoms with Crippen LogP contribution in [0.3, 0.4) is 0 Å². The van der Waals surface area contributed by atoms with E-state index in [4.69, 9.17) is 0 Å². The van der Waals surface area contributed by atoms with E-state index in [1.54, 1.807) is 0 Å². The van der Waals surface area contributed by atoms with Crippen molar-refractivity contribution in [2.75, 3.05) is 0 Å². The summed E-state index contributed by atoms with van der Waals surface area (Å²) in [7, 11) is 0. The third-order valence-electron chi connectivity index (χ3n) is 6.02. The number of carbonyl (C=O) groups excluding carboxylic acids is 1. The van der Waals surface area contributed by atoms with E-state index in [-0.39, 0.29) is 17.0 Å². The predicted molar refractivity (Wildman–Crippen MR) is 85.8 cm³/mol. The zero-order chi connectivity index (χ0) is 15.3. The highest BCUT2D eigenvalue weighted by atomic mass is 16.2. The maximum atomic E-state index is 12.3. The highest BCUT2D eigenvalue weighted by molar-refractivity contribution is 5.76. The van der Waals surface area contributed by atoms with Crippen molar-refractivity contribution >= 4 is 6.03 Å². The molecule has 0 unspecified atom stereocenters. The standard InChI is InChI=1S/C18H30N2O/c1-12(17(2,3)4)11-19-16(21)20-18-8-13-5-14(9-18)7-15(6-13)10-18/h11,13-15H,5-10H2,1-4H3,(H2,19,20,21)/b12-11+. The van der Waals surface area contributed by atoms with Crippen LogP contribution >= 0.6 is 0 Å². The molecule has 3 heteroatoms. The minimum atomic E-state index is -0.0134. The largest absolute Gasteiger partial charge is 0.332 e. The van der Waals surface area contributed by atoms with E-state index in [9.17, 15) is 4.79 Å². The van der Waals surface area contributed by atoms with Crippen molar-refractivity contribution in [3.8, 4) is 0 Å². The van der Waals surface area contributed by atoms with E-state index < -0.39 is 0 Å². The molecule has 0 aliphatic heterocycles. The van der Waals surface area contributed by atoms with Crippen LogP contribution in [0.2, 0.25) is 0 Å². The monoisotopic (exact) mass is 290 g/mol. The Labute approximate surface area is 128 Å². The Hall–Kier alpha value is -0.990. The molecular formula is C18H30N2O. The Bertz CT molecular complexity index is 423. The summed E-state index contributed by atoms with van der Waals surface area (Å²) < 4.78 is 0. The summed E-state index contributed by atoms with van der Waals surface area (Å²) >= 11 is 0. The number of hydrogen-bond donors (Lipinski definition) is 2. The summed E-state index contributed by atoms with van der Waals surface area (Å²) in [5, 5.41) is 6.29. The van der Waals surface area contributed by atoms with Gasteiger partial charge in [-0.3, -0.25) is 0 Å². The van der Waals surface area contributed by atoms with Gasteiger partial charge in [0, 0.05) is 11.7 Å². The third kappa shape index (κ3) is 3.12. The number of urea groups is 1. The Kier molecular flexibility index (Phi) is 3.58. The van der Waals surface area contributed by atoms with E-state index >= 15 is 0 Å². The van der Waals surface area contributed by atoms with Gasteiger partial charge in [-0.1, -0.05) is 26.3 Å². The molecule has 2 N–H and O–H groups in total. The van der Waals surface area contributed by atoms with E-state index in [2.05, 4.69) is 38.3 Å². The van der Waals surface area contributed by atoms with Gasteiger partial charge in [0.25, 0.3) is 0 Å². The maximum Gasteiger partial charge on any atom is 0.319 e. The molecule has 4 saturated carbocycles. The van der Waals surface area contributed by atoms with Gasteiger partial charge in [-0.15, -0.1) is 0 Å². The Morgan fingerprint density at radius 2 is 1.52 bits per heavy atom. The van der Waals surface area contributed by atoms with E-state index in [0.29, 0.717) is 0 Å². The number of allylic oxidation sites excluding steroid dienone is 1. The lowest BCUT2D eigenvalue weighted by Gasteiger charge is -2.56. The van der Waals surface area contributed by atoms with Crippen LogP contribution in [0.15, 0.2) is 11.8 Å². The van der Waals surface area contributed by atoms with Crippen molar-refractivity contribution in [3.05, 3.63) is 11.8 Å². The molecule has 0 saturated heterocycles. The second kappa shape index (κ2) is 5.03. The van der Waals surface area contributed by atoms with Crippen molar-refractivity contribution in [3.63, 3.8) is 0 Å². The molecule has 0 aromatic rings. The van der Waals surface area contributed by atoms with Gasteiger partial charge in [0.15, 0.2) is 0 Å². The van der Waals surface area contributed by atoms with Gasteiger partial charge in [0.1, 0.15) is 0 Å². The SMILES string of the molecule is C/C(=C\NC(=O)NC12CC3CC(CC(C3)C1)C2)C(C)(C)C. The Morgan fingerprint density at radius 3 is 1.95 bits per heavy atom. The van der Waals surface area contributed by atoms with Crippen molar-refractivity contribution < 1.29 is 4.79 Å². The zero-order valence-electron chi connectivity index (χ0n) is 14.0. The number of rotatable bonds is 2. The molecular weight excluding hydrogens is 260 g/mol. The molecule has 0 aromatic carbocycles. The first-order chi connectivity index (χ1) is 9.76. The average molecular weight is 290 g/mol. The Morgan fingerprint density at radius 1 is 1.05 bits per heavy atom. The van der Waals surface area contributed by atoms with E-state index in [1.807, 2.05) is 6.20 Å². The molecule has 2 amide bonds. The van der Waals surface area contributed by atoms with Crippen LogP contribution in [0.1, 0.15) is 66.2 Å². The van der Waals surface area contributed by atoms with Crippen LogP contribution < -0.4 is 10.6 Å². The lowest BCUT2D eigenvalue weighted by atomic mass is 9.53. The fraction of sp³-hybridized carbons (Fsp3) is 0.833. The van der Waals surface area contributed by atoms with Crippen LogP contribution in [0.4, 0.5) is 4.79 Å². The summed E-state index contributed by atoms with van der Waals surface area (Å²) in [6, 6.07) is -0.0134. The summed E-state index contributed by atoms with van der Waals surface area (Å²) in [4.78, 5) is 12.3. The molecule has 0 heterocycles. The van der Waals surface area contributed by atoms with Gasteiger partial charge < -0.3 is 10.6 Å². The maximum absolute atomic E-state index is 12.3. The van der Waals surface area contributed by atoms with Gasteiger partial charge in [0.2, 0.25) is 0 Å². The van der Waals surface area contributed by atoms with Crippen LogP contribution in [0, 0.1) is 23.2 Å². The normalized spacial score (nSPS) is 38.5. The van der Waals surface area contributed by atoms with Crippen LogP contribution in [-0.2, 0) is 0 Å². The van der Waals surface area contributed by atoms with Crippen LogP contribution in [0.5, 0.6) is 0 Å². The van der Waals surface area contributed by atoms with Gasteiger partial charge in [-0.25, -0.2) is 4.79 Å². The van der Waals surface area contributed by atoms with E-state index in [0.717, 1.165) is 17.8 Å².